The van der Waals surface area contributed by atoms with E-state index in [0.717, 1.165) is 51.3 Å². The number of hydrogen-bond acceptors (Lipinski definition) is 6. The number of ketones is 1. The number of anilines is 1. The van der Waals surface area contributed by atoms with E-state index >= 15 is 0 Å². The lowest BCUT2D eigenvalue weighted by Crippen LogP contribution is -2.54. The topological polar surface area (TPSA) is 82.2 Å². The minimum Gasteiger partial charge on any atom is -0.369 e. The minimum absolute atomic E-state index is 0.0381. The molecule has 0 unspecified atom stereocenters. The van der Waals surface area contributed by atoms with Crippen LogP contribution in [0, 0.1) is 11.8 Å². The first-order valence-corrected chi connectivity index (χ1v) is 13.2. The van der Waals surface area contributed by atoms with Gasteiger partial charge in [-0.3, -0.25) is 14.4 Å². The molecule has 0 aliphatic carbocycles. The number of nitrogens with zero attached hydrogens (tertiary/aromatic N) is 3. The highest BCUT2D eigenvalue weighted by Gasteiger charge is 2.52. The van der Waals surface area contributed by atoms with E-state index in [1.54, 1.807) is 4.90 Å². The summed E-state index contributed by atoms with van der Waals surface area (Å²) in [6, 6.07) is 6.44. The van der Waals surface area contributed by atoms with Crippen molar-refractivity contribution in [3.05, 3.63) is 29.8 Å². The van der Waals surface area contributed by atoms with Crippen molar-refractivity contribution in [3.63, 3.8) is 0 Å². The summed E-state index contributed by atoms with van der Waals surface area (Å²) in [4.78, 5) is 45.8. The van der Waals surface area contributed by atoms with Crippen LogP contribution in [-0.4, -0.2) is 91.5 Å². The fourth-order valence-electron chi connectivity index (χ4n) is 5.57. The van der Waals surface area contributed by atoms with Crippen molar-refractivity contribution in [2.45, 2.75) is 58.7 Å². The highest BCUT2D eigenvalue weighted by Crippen LogP contribution is 2.34. The predicted molar refractivity (Wildman–Crippen MR) is 136 cm³/mol. The molecule has 0 bridgehead atoms. The predicted octanol–water partition coefficient (Wildman–Crippen LogP) is 2.18. The van der Waals surface area contributed by atoms with Gasteiger partial charge in [-0.1, -0.05) is 34.1 Å². The maximum absolute atomic E-state index is 13.7. The third-order valence-electron chi connectivity index (χ3n) is 8.18. The lowest BCUT2D eigenvalue weighted by Gasteiger charge is -2.35. The zero-order chi connectivity index (χ0) is 25.1. The van der Waals surface area contributed by atoms with E-state index in [4.69, 9.17) is 4.74 Å². The summed E-state index contributed by atoms with van der Waals surface area (Å²) in [5.74, 6) is -0.387. The van der Waals surface area contributed by atoms with Crippen LogP contribution < -0.4 is 10.2 Å². The van der Waals surface area contributed by atoms with Crippen molar-refractivity contribution < 1.29 is 19.1 Å². The van der Waals surface area contributed by atoms with E-state index in [0.29, 0.717) is 12.1 Å². The number of Topliss-reactive ketones (excluding diaryl/α,β-unsaturated/α-hetero) is 1. The van der Waals surface area contributed by atoms with Gasteiger partial charge in [0.1, 0.15) is 18.7 Å². The molecule has 0 aromatic heterocycles. The van der Waals surface area contributed by atoms with Gasteiger partial charge in [0.15, 0.2) is 5.78 Å². The molecule has 1 N–H and O–H groups in total. The molecule has 0 saturated carbocycles. The number of likely N-dealkylation sites (tertiary alicyclic amines) is 1. The van der Waals surface area contributed by atoms with Gasteiger partial charge in [-0.15, -0.1) is 0 Å². The molecule has 4 rings (SSSR count). The first kappa shape index (κ1) is 25.6. The van der Waals surface area contributed by atoms with E-state index in [1.165, 1.54) is 0 Å². The average molecular weight is 485 g/mol. The Kier molecular flexibility index (Phi) is 8.12. The molecule has 5 atom stereocenters. The summed E-state index contributed by atoms with van der Waals surface area (Å²) in [6.45, 7) is 13.9. The van der Waals surface area contributed by atoms with Gasteiger partial charge in [0.05, 0.1) is 6.10 Å². The van der Waals surface area contributed by atoms with Gasteiger partial charge in [-0.2, -0.15) is 0 Å². The zero-order valence-corrected chi connectivity index (χ0v) is 21.5. The van der Waals surface area contributed by atoms with E-state index in [9.17, 15) is 14.4 Å². The second-order valence-corrected chi connectivity index (χ2v) is 10.2. The molecule has 1 aromatic rings. The summed E-state index contributed by atoms with van der Waals surface area (Å²) in [7, 11) is 0. The van der Waals surface area contributed by atoms with Crippen LogP contribution in [0.1, 0.15) is 50.9 Å². The van der Waals surface area contributed by atoms with Gasteiger partial charge in [-0.25, -0.2) is 0 Å². The quantitative estimate of drug-likeness (QED) is 0.609. The molecule has 0 spiro atoms. The largest absolute Gasteiger partial charge is 0.369 e. The number of rotatable bonds is 8. The fourth-order valence-corrected chi connectivity index (χ4v) is 5.57. The normalized spacial score (nSPS) is 26.5. The SMILES string of the molecule is CC[C@H]1CN(C(=O)[C@@H](NC(=O)c2ccc(N3CCN(CC)CC3)cc2)[C@@H](C)CC)[C@@H]2C(=O)CO[C@H]12. The highest BCUT2D eigenvalue weighted by atomic mass is 16.5. The molecule has 8 nitrogen and oxygen atoms in total. The van der Waals surface area contributed by atoms with Crippen LogP contribution in [0.4, 0.5) is 5.69 Å². The zero-order valence-electron chi connectivity index (χ0n) is 21.5. The van der Waals surface area contributed by atoms with Crippen molar-refractivity contribution in [1.82, 2.24) is 15.1 Å². The number of carbonyl (C=O) groups excluding carboxylic acids is 3. The summed E-state index contributed by atoms with van der Waals surface area (Å²) in [6.07, 6.45) is 1.36. The maximum atomic E-state index is 13.7. The molecule has 3 aliphatic rings. The van der Waals surface area contributed by atoms with E-state index in [1.807, 2.05) is 38.1 Å². The molecular weight excluding hydrogens is 444 g/mol. The van der Waals surface area contributed by atoms with Crippen LogP contribution >= 0.6 is 0 Å². The number of hydrogen-bond donors (Lipinski definition) is 1. The monoisotopic (exact) mass is 484 g/mol. The summed E-state index contributed by atoms with van der Waals surface area (Å²) < 4.78 is 5.73. The molecular formula is C27H40N4O4. The lowest BCUT2D eigenvalue weighted by molar-refractivity contribution is -0.139. The molecule has 0 radical (unpaired) electrons. The first-order chi connectivity index (χ1) is 16.9. The molecule has 3 saturated heterocycles. The second-order valence-electron chi connectivity index (χ2n) is 10.2. The Bertz CT molecular complexity index is 912. The summed E-state index contributed by atoms with van der Waals surface area (Å²) >= 11 is 0. The van der Waals surface area contributed by atoms with Crippen LogP contribution in [0.15, 0.2) is 24.3 Å². The molecule has 2 amide bonds. The smallest absolute Gasteiger partial charge is 0.251 e. The Hall–Kier alpha value is -2.45. The van der Waals surface area contributed by atoms with Crippen molar-refractivity contribution >= 4 is 23.3 Å². The number of fused-ring (bicyclic) bond motifs is 1. The molecule has 3 aliphatic heterocycles. The Balaban J connectivity index is 1.44. The van der Waals surface area contributed by atoms with Gasteiger partial charge in [-0.05, 0) is 43.1 Å². The van der Waals surface area contributed by atoms with Crippen molar-refractivity contribution in [2.24, 2.45) is 11.8 Å². The summed E-state index contributed by atoms with van der Waals surface area (Å²) in [5.41, 5.74) is 1.65. The maximum Gasteiger partial charge on any atom is 0.251 e. The average Bonchev–Trinajstić information content (AvgIpc) is 3.46. The Morgan fingerprint density at radius 1 is 1.09 bits per heavy atom. The van der Waals surface area contributed by atoms with E-state index in [2.05, 4.69) is 29.0 Å². The fraction of sp³-hybridized carbons (Fsp3) is 0.667. The number of likely N-dealkylation sites (N-methyl/N-ethyl adjacent to an activating group) is 1. The highest BCUT2D eigenvalue weighted by molar-refractivity contribution is 5.99. The van der Waals surface area contributed by atoms with Crippen LogP contribution in [0.3, 0.4) is 0 Å². The number of carbonyl (C=O) groups is 3. The lowest BCUT2D eigenvalue weighted by atomic mass is 9.96. The van der Waals surface area contributed by atoms with Crippen molar-refractivity contribution in [2.75, 3.05) is 50.8 Å². The molecule has 1 aromatic carbocycles. The second kappa shape index (κ2) is 11.1. The van der Waals surface area contributed by atoms with Crippen LogP contribution in [0.25, 0.3) is 0 Å². The standard InChI is InChI=1S/C27H40N4O4/c1-5-18(4)23(27(34)31-16-19(6-2)25-24(31)22(32)17-35-25)28-26(33)20-8-10-21(11-9-20)30-14-12-29(7-3)13-15-30/h8-11,18-19,23-25H,5-7,12-17H2,1-4H3,(H,28,33)/t18-,19-,23-,24+,25+/m0/s1. The van der Waals surface area contributed by atoms with E-state index in [-0.39, 0.29) is 42.1 Å². The minimum atomic E-state index is -0.682. The molecule has 3 heterocycles. The number of benzene rings is 1. The van der Waals surface area contributed by atoms with Gasteiger partial charge < -0.3 is 24.8 Å². The Morgan fingerprint density at radius 2 is 1.77 bits per heavy atom. The van der Waals surface area contributed by atoms with Crippen LogP contribution in [0.2, 0.25) is 0 Å². The molecule has 192 valence electrons. The Morgan fingerprint density at radius 3 is 2.37 bits per heavy atom. The number of nitrogens with one attached hydrogen (secondary N) is 1. The van der Waals surface area contributed by atoms with E-state index < -0.39 is 12.1 Å². The van der Waals surface area contributed by atoms with Crippen molar-refractivity contribution in [1.29, 1.82) is 0 Å². The van der Waals surface area contributed by atoms with Gasteiger partial charge in [0, 0.05) is 49.9 Å². The summed E-state index contributed by atoms with van der Waals surface area (Å²) in [5, 5.41) is 3.00. The third kappa shape index (κ3) is 5.23. The van der Waals surface area contributed by atoms with Gasteiger partial charge in [0.25, 0.3) is 5.91 Å². The van der Waals surface area contributed by atoms with Crippen molar-refractivity contribution in [3.8, 4) is 0 Å². The third-order valence-corrected chi connectivity index (χ3v) is 8.18. The van der Waals surface area contributed by atoms with Crippen LogP contribution in [0.5, 0.6) is 0 Å². The number of piperazine rings is 1. The van der Waals surface area contributed by atoms with Gasteiger partial charge in [0.2, 0.25) is 5.91 Å². The Labute approximate surface area is 209 Å². The molecule has 8 heteroatoms. The number of ether oxygens (including phenoxy) is 1. The van der Waals surface area contributed by atoms with Crippen LogP contribution in [-0.2, 0) is 14.3 Å². The first-order valence-electron chi connectivity index (χ1n) is 13.2. The number of amides is 2. The van der Waals surface area contributed by atoms with Gasteiger partial charge >= 0.3 is 0 Å². The molecule has 35 heavy (non-hydrogen) atoms. The molecule has 3 fully saturated rings.